The van der Waals surface area contributed by atoms with E-state index < -0.39 is 8.07 Å². The number of ether oxygens (including phenoxy) is 1. The summed E-state index contributed by atoms with van der Waals surface area (Å²) in [6.07, 6.45) is 0. The first-order chi connectivity index (χ1) is 36.4. The maximum atomic E-state index is 9.95. The normalized spacial score (nSPS) is 12.7. The van der Waals surface area contributed by atoms with Crippen LogP contribution < -0.4 is 30.4 Å². The third-order valence-electron chi connectivity index (χ3n) is 15.6. The Kier molecular flexibility index (Phi) is 10.6. The van der Waals surface area contributed by atoms with Crippen LogP contribution in [0.3, 0.4) is 0 Å². The number of benzene rings is 10. The van der Waals surface area contributed by atoms with Crippen molar-refractivity contribution in [3.8, 4) is 28.9 Å². The summed E-state index contributed by atoms with van der Waals surface area (Å²) in [5.41, 5.74) is 12.5. The van der Waals surface area contributed by atoms with E-state index in [2.05, 4.69) is 280 Å². The Bertz CT molecular complexity index is 4080. The van der Waals surface area contributed by atoms with Crippen molar-refractivity contribution in [2.45, 2.75) is 52.4 Å². The first-order valence-electron chi connectivity index (χ1n) is 26.0. The zero-order valence-electron chi connectivity index (χ0n) is 43.1. The number of nitriles is 1. The zero-order valence-corrected chi connectivity index (χ0v) is 44.1. The molecule has 2 aromatic heterocycles. The van der Waals surface area contributed by atoms with Crippen LogP contribution in [0.25, 0.3) is 55.0 Å². The largest absolute Gasteiger partial charge is 0.453 e. The average Bonchev–Trinajstić information content (AvgIpc) is 3.97. The fraction of sp³-hybridized carbons (Fsp3) is 0.116. The van der Waals surface area contributed by atoms with Crippen LogP contribution in [0, 0.1) is 11.3 Å². The highest BCUT2D eigenvalue weighted by Gasteiger charge is 2.42. The minimum absolute atomic E-state index is 0.0127. The van der Waals surface area contributed by atoms with Crippen molar-refractivity contribution in [2.24, 2.45) is 0 Å². The average molecular weight is 985 g/mol. The van der Waals surface area contributed by atoms with Gasteiger partial charge in [0.2, 0.25) is 0 Å². The van der Waals surface area contributed by atoms with Crippen molar-refractivity contribution in [1.29, 1.82) is 5.26 Å². The standard InChI is InChI=1S/C69H56N4OSi/c1-68(2,3)47-30-35-62-58(40-47)59-41-48(69(4,5)6)31-36-63(59)72(62)51-33-38-65-67(44-51)74-66-43-50(71-60-28-17-16-27-56(60)57-39-46(45-70)29-34-61(57)71)32-37-64(66)73(65)49-19-18-26-55(42-49)75(52-20-10-7-11-21-52,53-22-12-8-13-23-53)54-24-14-9-15-25-54/h7-44H,1-6H3. The molecular weight excluding hydrogens is 929 g/mol. The van der Waals surface area contributed by atoms with Crippen LogP contribution in [0.1, 0.15) is 58.2 Å². The van der Waals surface area contributed by atoms with Gasteiger partial charge in [-0.05, 0) is 128 Å². The molecule has 75 heavy (non-hydrogen) atoms. The van der Waals surface area contributed by atoms with Gasteiger partial charge in [-0.2, -0.15) is 5.26 Å². The molecule has 0 aliphatic carbocycles. The molecule has 6 heteroatoms. The fourth-order valence-electron chi connectivity index (χ4n) is 11.8. The Hall–Kier alpha value is -8.89. The predicted octanol–water partition coefficient (Wildman–Crippen LogP) is 15.3. The van der Waals surface area contributed by atoms with E-state index in [0.29, 0.717) is 5.56 Å². The molecule has 10 aromatic carbocycles. The van der Waals surface area contributed by atoms with Gasteiger partial charge in [0.05, 0.1) is 56.4 Å². The van der Waals surface area contributed by atoms with E-state index in [1.165, 1.54) is 42.6 Å². The van der Waals surface area contributed by atoms with Crippen molar-refractivity contribution < 1.29 is 4.74 Å². The second-order valence-corrected chi connectivity index (χ2v) is 25.9. The van der Waals surface area contributed by atoms with Crippen LogP contribution in [0.4, 0.5) is 17.1 Å². The number of nitrogens with zero attached hydrogens (tertiary/aromatic N) is 4. The minimum atomic E-state index is -2.90. The van der Waals surface area contributed by atoms with E-state index in [1.54, 1.807) is 0 Å². The van der Waals surface area contributed by atoms with E-state index >= 15 is 0 Å². The molecular formula is C69H56N4OSi. The summed E-state index contributed by atoms with van der Waals surface area (Å²) in [6, 6.07) is 86.7. The number of para-hydroxylation sites is 1. The molecule has 0 saturated heterocycles. The van der Waals surface area contributed by atoms with Gasteiger partial charge in [-0.25, -0.2) is 0 Å². The van der Waals surface area contributed by atoms with Crippen LogP contribution in [0.5, 0.6) is 11.5 Å². The third kappa shape index (κ3) is 7.41. The highest BCUT2D eigenvalue weighted by molar-refractivity contribution is 7.19. The monoisotopic (exact) mass is 984 g/mol. The van der Waals surface area contributed by atoms with Crippen molar-refractivity contribution in [2.75, 3.05) is 4.90 Å². The van der Waals surface area contributed by atoms with Crippen molar-refractivity contribution >= 4 is 89.5 Å². The summed E-state index contributed by atoms with van der Waals surface area (Å²) in [6.45, 7) is 13.7. The van der Waals surface area contributed by atoms with E-state index in [0.717, 1.165) is 72.8 Å². The third-order valence-corrected chi connectivity index (χ3v) is 20.3. The van der Waals surface area contributed by atoms with Gasteiger partial charge in [0.15, 0.2) is 19.6 Å². The molecule has 5 nitrogen and oxygen atoms in total. The lowest BCUT2D eigenvalue weighted by molar-refractivity contribution is 0.476. The highest BCUT2D eigenvalue weighted by Crippen LogP contribution is 2.52. The summed E-state index contributed by atoms with van der Waals surface area (Å²) < 4.78 is 12.0. The summed E-state index contributed by atoms with van der Waals surface area (Å²) >= 11 is 0. The highest BCUT2D eigenvalue weighted by atomic mass is 28.3. The molecule has 12 aromatic rings. The molecule has 0 fully saturated rings. The summed E-state index contributed by atoms with van der Waals surface area (Å²) in [5, 5.41) is 19.8. The molecule has 1 aliphatic rings. The molecule has 0 amide bonds. The van der Waals surface area contributed by atoms with Crippen molar-refractivity contribution in [3.05, 3.63) is 247 Å². The van der Waals surface area contributed by atoms with E-state index in [-0.39, 0.29) is 10.8 Å². The fourth-order valence-corrected chi connectivity index (χ4v) is 16.6. The number of hydrogen-bond donors (Lipinski definition) is 0. The van der Waals surface area contributed by atoms with E-state index in [9.17, 15) is 5.26 Å². The number of hydrogen-bond acceptors (Lipinski definition) is 3. The van der Waals surface area contributed by atoms with Crippen LogP contribution in [-0.2, 0) is 10.8 Å². The Morgan fingerprint density at radius 3 is 1.31 bits per heavy atom. The second kappa shape index (κ2) is 17.4. The molecule has 362 valence electrons. The van der Waals surface area contributed by atoms with Gasteiger partial charge in [-0.3, -0.25) is 0 Å². The van der Waals surface area contributed by atoms with Gasteiger partial charge in [0, 0.05) is 39.4 Å². The molecule has 13 rings (SSSR count). The van der Waals surface area contributed by atoms with E-state index in [4.69, 9.17) is 4.74 Å². The van der Waals surface area contributed by atoms with Crippen LogP contribution in [0.2, 0.25) is 0 Å². The van der Waals surface area contributed by atoms with E-state index in [1.807, 2.05) is 12.1 Å². The number of rotatable bonds is 7. The van der Waals surface area contributed by atoms with Gasteiger partial charge in [-0.1, -0.05) is 175 Å². The minimum Gasteiger partial charge on any atom is -0.453 e. The molecule has 3 heterocycles. The van der Waals surface area contributed by atoms with Crippen LogP contribution in [0.15, 0.2) is 231 Å². The second-order valence-electron chi connectivity index (χ2n) is 22.1. The smallest absolute Gasteiger partial charge is 0.179 e. The molecule has 1 aliphatic heterocycles. The quantitative estimate of drug-likeness (QED) is 0.118. The molecule has 0 bridgehead atoms. The van der Waals surface area contributed by atoms with Crippen molar-refractivity contribution in [3.63, 3.8) is 0 Å². The number of fused-ring (bicyclic) bond motifs is 8. The van der Waals surface area contributed by atoms with Gasteiger partial charge < -0.3 is 18.8 Å². The van der Waals surface area contributed by atoms with Crippen LogP contribution in [-0.4, -0.2) is 17.2 Å². The predicted molar refractivity (Wildman–Crippen MR) is 316 cm³/mol. The summed E-state index contributed by atoms with van der Waals surface area (Å²) in [4.78, 5) is 2.40. The lowest BCUT2D eigenvalue weighted by Crippen LogP contribution is -2.74. The van der Waals surface area contributed by atoms with Gasteiger partial charge in [0.1, 0.15) is 0 Å². The molecule has 0 N–H and O–H groups in total. The number of anilines is 3. The van der Waals surface area contributed by atoms with Crippen molar-refractivity contribution in [1.82, 2.24) is 9.13 Å². The van der Waals surface area contributed by atoms with Gasteiger partial charge >= 0.3 is 0 Å². The maximum Gasteiger partial charge on any atom is 0.179 e. The Morgan fingerprint density at radius 2 is 0.813 bits per heavy atom. The first-order valence-corrected chi connectivity index (χ1v) is 28.0. The Labute approximate surface area is 439 Å². The van der Waals surface area contributed by atoms with Crippen LogP contribution >= 0.6 is 0 Å². The Balaban J connectivity index is 1.05. The molecule has 0 atom stereocenters. The topological polar surface area (TPSA) is 46.1 Å². The lowest BCUT2D eigenvalue weighted by Gasteiger charge is -2.37. The summed E-state index contributed by atoms with van der Waals surface area (Å²) in [7, 11) is -2.90. The molecule has 0 spiro atoms. The first kappa shape index (κ1) is 45.9. The number of aromatic nitrogens is 2. The van der Waals surface area contributed by atoms with Gasteiger partial charge in [0.25, 0.3) is 0 Å². The molecule has 0 radical (unpaired) electrons. The SMILES string of the molecule is CC(C)(C)c1ccc2c(c1)c1cc(C(C)(C)C)ccc1n2-c1ccc2c(c1)Oc1cc(-n3c4ccccc4c4cc(C#N)ccc43)ccc1N2c1cccc([Si](c2ccccc2)(c2ccccc2)c2ccccc2)c1. The van der Waals surface area contributed by atoms with Gasteiger partial charge in [-0.15, -0.1) is 0 Å². The molecule has 0 saturated carbocycles. The maximum absolute atomic E-state index is 9.95. The lowest BCUT2D eigenvalue weighted by atomic mass is 9.85. The molecule has 0 unspecified atom stereocenters. The Morgan fingerprint density at radius 1 is 0.373 bits per heavy atom. The summed E-state index contributed by atoms with van der Waals surface area (Å²) in [5.74, 6) is 1.50. The zero-order chi connectivity index (χ0) is 51.2.